The Labute approximate surface area is 168 Å². The van der Waals surface area contributed by atoms with Crippen LogP contribution in [0.1, 0.15) is 66.3 Å². The van der Waals surface area contributed by atoms with Crippen LogP contribution in [0.4, 0.5) is 5.69 Å². The summed E-state index contributed by atoms with van der Waals surface area (Å²) in [5, 5.41) is 3.84. The number of benzene rings is 1. The van der Waals surface area contributed by atoms with Crippen molar-refractivity contribution < 1.29 is 9.53 Å². The van der Waals surface area contributed by atoms with Gasteiger partial charge in [-0.2, -0.15) is 0 Å². The summed E-state index contributed by atoms with van der Waals surface area (Å²) in [5.74, 6) is 0.548. The number of fused-ring (bicyclic) bond motifs is 1. The maximum Gasteiger partial charge on any atom is 0.348 e. The van der Waals surface area contributed by atoms with Crippen molar-refractivity contribution in [2.75, 3.05) is 11.9 Å². The largest absolute Gasteiger partial charge is 0.462 e. The Morgan fingerprint density at radius 3 is 2.75 bits per heavy atom. The van der Waals surface area contributed by atoms with Crippen molar-refractivity contribution in [2.24, 2.45) is 0 Å². The second-order valence-electron chi connectivity index (χ2n) is 7.05. The van der Waals surface area contributed by atoms with Crippen LogP contribution in [0.2, 0.25) is 0 Å². The number of hydrogen-bond acceptors (Lipinski definition) is 6. The van der Waals surface area contributed by atoms with Gasteiger partial charge in [0.15, 0.2) is 0 Å². The summed E-state index contributed by atoms with van der Waals surface area (Å²) in [6, 6.07) is 8.00. The van der Waals surface area contributed by atoms with Gasteiger partial charge in [-0.3, -0.25) is 4.79 Å². The van der Waals surface area contributed by atoms with E-state index in [0.29, 0.717) is 32.4 Å². The maximum absolute atomic E-state index is 12.6. The van der Waals surface area contributed by atoms with Gasteiger partial charge in [-0.15, -0.1) is 11.3 Å². The number of hydrogen-bond donors (Lipinski definition) is 2. The van der Waals surface area contributed by atoms with Crippen LogP contribution < -0.4 is 10.9 Å². The molecule has 0 radical (unpaired) electrons. The summed E-state index contributed by atoms with van der Waals surface area (Å²) in [7, 11) is 0. The number of carbonyl (C=O) groups excluding carboxylic acids is 1. The topological polar surface area (TPSA) is 84.1 Å². The Morgan fingerprint density at radius 2 is 2.07 bits per heavy atom. The SMILES string of the molecule is CCOC(=O)c1sc2nc([C@H](C)Nc3cccc(C(C)C)c3)[nH]c(=O)c2c1C. The molecule has 0 unspecified atom stereocenters. The fourth-order valence-electron chi connectivity index (χ4n) is 3.06. The van der Waals surface area contributed by atoms with Crippen LogP contribution in [-0.2, 0) is 4.74 Å². The highest BCUT2D eigenvalue weighted by Crippen LogP contribution is 2.29. The predicted molar refractivity (Wildman–Crippen MR) is 114 cm³/mol. The Bertz CT molecular complexity index is 1070. The molecule has 1 aromatic carbocycles. The van der Waals surface area contributed by atoms with Crippen LogP contribution in [0.3, 0.4) is 0 Å². The molecule has 28 heavy (non-hydrogen) atoms. The van der Waals surface area contributed by atoms with Gasteiger partial charge in [0.1, 0.15) is 15.5 Å². The molecule has 7 heteroatoms. The van der Waals surface area contributed by atoms with Crippen LogP contribution >= 0.6 is 11.3 Å². The third kappa shape index (κ3) is 3.94. The minimum Gasteiger partial charge on any atom is -0.462 e. The van der Waals surface area contributed by atoms with Crippen molar-refractivity contribution in [1.82, 2.24) is 9.97 Å². The molecule has 2 N–H and O–H groups in total. The lowest BCUT2D eigenvalue weighted by molar-refractivity contribution is 0.0531. The number of thiophene rings is 1. The van der Waals surface area contributed by atoms with Crippen molar-refractivity contribution in [2.45, 2.75) is 46.6 Å². The number of ether oxygens (including phenoxy) is 1. The van der Waals surface area contributed by atoms with E-state index in [9.17, 15) is 9.59 Å². The predicted octanol–water partition coefficient (Wildman–Crippen LogP) is 4.77. The maximum atomic E-state index is 12.6. The molecule has 0 spiro atoms. The number of aromatic amines is 1. The fraction of sp³-hybridized carbons (Fsp3) is 0.381. The van der Waals surface area contributed by atoms with Gasteiger partial charge in [-0.1, -0.05) is 26.0 Å². The van der Waals surface area contributed by atoms with Gasteiger partial charge >= 0.3 is 5.97 Å². The van der Waals surface area contributed by atoms with E-state index < -0.39 is 5.97 Å². The smallest absolute Gasteiger partial charge is 0.348 e. The molecule has 0 saturated carbocycles. The van der Waals surface area contributed by atoms with E-state index in [4.69, 9.17) is 4.74 Å². The Balaban J connectivity index is 1.94. The molecule has 1 atom stereocenters. The highest BCUT2D eigenvalue weighted by Gasteiger charge is 2.21. The van der Waals surface area contributed by atoms with E-state index in [1.54, 1.807) is 13.8 Å². The van der Waals surface area contributed by atoms with Crippen LogP contribution in [0.15, 0.2) is 29.1 Å². The number of esters is 1. The normalized spacial score (nSPS) is 12.4. The molecule has 0 amide bonds. The van der Waals surface area contributed by atoms with Crippen molar-refractivity contribution in [3.05, 3.63) is 56.4 Å². The third-order valence-corrected chi connectivity index (χ3v) is 5.79. The monoisotopic (exact) mass is 399 g/mol. The lowest BCUT2D eigenvalue weighted by Crippen LogP contribution is -2.17. The summed E-state index contributed by atoms with van der Waals surface area (Å²) in [5.41, 5.74) is 2.58. The number of aryl methyl sites for hydroxylation is 1. The number of nitrogens with one attached hydrogen (secondary N) is 2. The lowest BCUT2D eigenvalue weighted by atomic mass is 10.0. The average Bonchev–Trinajstić information content (AvgIpc) is 2.99. The molecular formula is C21H25N3O3S. The van der Waals surface area contributed by atoms with Crippen LogP contribution in [-0.4, -0.2) is 22.5 Å². The van der Waals surface area contributed by atoms with Gasteiger partial charge < -0.3 is 15.0 Å². The second-order valence-corrected chi connectivity index (χ2v) is 8.05. The summed E-state index contributed by atoms with van der Waals surface area (Å²) < 4.78 is 5.08. The van der Waals surface area contributed by atoms with Gasteiger partial charge in [0.05, 0.1) is 18.0 Å². The molecule has 2 aromatic heterocycles. The molecule has 0 aliphatic rings. The average molecular weight is 400 g/mol. The van der Waals surface area contributed by atoms with Gasteiger partial charge in [0.25, 0.3) is 5.56 Å². The molecule has 2 heterocycles. The Hall–Kier alpha value is -2.67. The molecule has 3 rings (SSSR count). The first-order valence-electron chi connectivity index (χ1n) is 9.38. The summed E-state index contributed by atoms with van der Waals surface area (Å²) in [6.07, 6.45) is 0. The summed E-state index contributed by atoms with van der Waals surface area (Å²) in [6.45, 7) is 10.0. The van der Waals surface area contributed by atoms with Gasteiger partial charge in [-0.25, -0.2) is 9.78 Å². The number of rotatable bonds is 6. The minimum absolute atomic E-state index is 0.201. The standard InChI is InChI=1S/C21H25N3O3S/c1-6-27-21(26)17-12(4)16-19(25)23-18(24-20(16)28-17)13(5)22-15-9-7-8-14(10-15)11(2)3/h7-11,13,22H,6H2,1-5H3,(H,23,24,25)/t13-/m0/s1. The summed E-state index contributed by atoms with van der Waals surface area (Å²) in [4.78, 5) is 33.2. The first-order valence-corrected chi connectivity index (χ1v) is 10.2. The highest BCUT2D eigenvalue weighted by atomic mass is 32.1. The van der Waals surface area contributed by atoms with E-state index in [1.807, 2.05) is 19.1 Å². The van der Waals surface area contributed by atoms with E-state index >= 15 is 0 Å². The molecular weight excluding hydrogens is 374 g/mol. The molecule has 3 aromatic rings. The molecule has 0 saturated heterocycles. The van der Waals surface area contributed by atoms with E-state index in [-0.39, 0.29) is 18.2 Å². The molecule has 0 fully saturated rings. The van der Waals surface area contributed by atoms with Gasteiger partial charge in [-0.05, 0) is 49.9 Å². The van der Waals surface area contributed by atoms with E-state index in [0.717, 1.165) is 5.69 Å². The van der Waals surface area contributed by atoms with Gasteiger partial charge in [0.2, 0.25) is 0 Å². The number of carbonyl (C=O) groups is 1. The zero-order chi connectivity index (χ0) is 20.4. The van der Waals surface area contributed by atoms with Crippen molar-refractivity contribution in [3.63, 3.8) is 0 Å². The van der Waals surface area contributed by atoms with Crippen molar-refractivity contribution in [1.29, 1.82) is 0 Å². The second kappa shape index (κ2) is 8.14. The number of H-pyrrole nitrogens is 1. The van der Waals surface area contributed by atoms with Crippen LogP contribution in [0, 0.1) is 6.92 Å². The fourth-order valence-corrected chi connectivity index (χ4v) is 4.15. The van der Waals surface area contributed by atoms with E-state index in [1.165, 1.54) is 16.9 Å². The molecule has 148 valence electrons. The van der Waals surface area contributed by atoms with Crippen molar-refractivity contribution in [3.8, 4) is 0 Å². The third-order valence-electron chi connectivity index (χ3n) is 4.63. The Kier molecular flexibility index (Phi) is 5.84. The van der Waals surface area contributed by atoms with Gasteiger partial charge in [0, 0.05) is 5.69 Å². The molecule has 0 aliphatic carbocycles. The zero-order valence-corrected chi connectivity index (χ0v) is 17.6. The first kappa shape index (κ1) is 20.1. The number of aromatic nitrogens is 2. The number of nitrogens with zero attached hydrogens (tertiary/aromatic N) is 1. The van der Waals surface area contributed by atoms with Crippen LogP contribution in [0.5, 0.6) is 0 Å². The summed E-state index contributed by atoms with van der Waals surface area (Å²) >= 11 is 1.20. The molecule has 6 nitrogen and oxygen atoms in total. The Morgan fingerprint density at radius 1 is 1.32 bits per heavy atom. The molecule has 0 bridgehead atoms. The lowest BCUT2D eigenvalue weighted by Gasteiger charge is -2.16. The number of anilines is 1. The molecule has 0 aliphatic heterocycles. The van der Waals surface area contributed by atoms with E-state index in [2.05, 4.69) is 41.3 Å². The quantitative estimate of drug-likeness (QED) is 0.584. The zero-order valence-electron chi connectivity index (χ0n) is 16.8. The van der Waals surface area contributed by atoms with Crippen molar-refractivity contribution >= 4 is 33.2 Å². The minimum atomic E-state index is -0.416. The highest BCUT2D eigenvalue weighted by molar-refractivity contribution is 7.20. The van der Waals surface area contributed by atoms with Crippen LogP contribution in [0.25, 0.3) is 10.2 Å². The first-order chi connectivity index (χ1) is 13.3.